The number of sulfone groups is 1. The Morgan fingerprint density at radius 3 is 2.27 bits per heavy atom. The molecule has 0 aliphatic heterocycles. The predicted octanol–water partition coefficient (Wildman–Crippen LogP) is 4.84. The van der Waals surface area contributed by atoms with Gasteiger partial charge in [0.05, 0.1) is 4.90 Å². The van der Waals surface area contributed by atoms with E-state index in [4.69, 9.17) is 4.42 Å². The third-order valence-corrected chi connectivity index (χ3v) is 6.30. The molecule has 4 nitrogen and oxygen atoms in total. The zero-order valence-electron chi connectivity index (χ0n) is 14.3. The highest BCUT2D eigenvalue weighted by atomic mass is 32.2. The van der Waals surface area contributed by atoms with Gasteiger partial charge in [0.1, 0.15) is 11.6 Å². The van der Waals surface area contributed by atoms with E-state index in [9.17, 15) is 13.7 Å². The molecule has 26 heavy (non-hydrogen) atoms. The number of rotatable bonds is 4. The van der Waals surface area contributed by atoms with Crippen LogP contribution in [0.15, 0.2) is 69.0 Å². The normalized spacial score (nSPS) is 14.2. The molecule has 5 heteroatoms. The summed E-state index contributed by atoms with van der Waals surface area (Å²) < 4.78 is 32.3. The molecule has 1 aliphatic rings. The van der Waals surface area contributed by atoms with Crippen LogP contribution in [0.4, 0.5) is 0 Å². The fourth-order valence-corrected chi connectivity index (χ4v) is 4.55. The molecule has 0 N–H and O–H groups in total. The molecule has 0 amide bonds. The molecule has 0 radical (unpaired) electrons. The molecule has 2 aromatic carbocycles. The van der Waals surface area contributed by atoms with Crippen molar-refractivity contribution >= 4 is 9.84 Å². The minimum atomic E-state index is -3.83. The summed E-state index contributed by atoms with van der Waals surface area (Å²) >= 11 is 0. The zero-order chi connectivity index (χ0) is 18.3. The third-order valence-electron chi connectivity index (χ3n) is 4.62. The van der Waals surface area contributed by atoms with Crippen molar-refractivity contribution in [3.05, 3.63) is 71.3 Å². The monoisotopic (exact) mass is 363 g/mol. The molecule has 0 unspecified atom stereocenters. The van der Waals surface area contributed by atoms with Crippen molar-refractivity contribution in [3.63, 3.8) is 0 Å². The second-order valence-corrected chi connectivity index (χ2v) is 8.42. The van der Waals surface area contributed by atoms with Gasteiger partial charge >= 0.3 is 0 Å². The smallest absolute Gasteiger partial charge is 0.239 e. The van der Waals surface area contributed by atoms with Gasteiger partial charge in [0, 0.05) is 11.1 Å². The van der Waals surface area contributed by atoms with Gasteiger partial charge in [-0.15, -0.1) is 0 Å². The van der Waals surface area contributed by atoms with E-state index in [1.54, 1.807) is 24.3 Å². The van der Waals surface area contributed by atoms with Crippen LogP contribution >= 0.6 is 0 Å². The van der Waals surface area contributed by atoms with Gasteiger partial charge in [-0.2, -0.15) is 5.26 Å². The van der Waals surface area contributed by atoms with Crippen LogP contribution in [0.25, 0.3) is 11.3 Å². The molecule has 0 spiro atoms. The first-order valence-corrected chi connectivity index (χ1v) is 9.94. The molecule has 3 aromatic rings. The summed E-state index contributed by atoms with van der Waals surface area (Å²) in [6, 6.07) is 18.0. The van der Waals surface area contributed by atoms with Gasteiger partial charge in [0.15, 0.2) is 5.76 Å². The van der Waals surface area contributed by atoms with Gasteiger partial charge in [0.25, 0.3) is 0 Å². The van der Waals surface area contributed by atoms with Gasteiger partial charge in [-0.05, 0) is 37.8 Å². The van der Waals surface area contributed by atoms with Crippen LogP contribution in [-0.2, 0) is 9.84 Å². The number of hydrogen-bond acceptors (Lipinski definition) is 4. The Bertz CT molecular complexity index is 1100. The van der Waals surface area contributed by atoms with Crippen LogP contribution in [0, 0.1) is 18.3 Å². The van der Waals surface area contributed by atoms with Gasteiger partial charge in [-0.3, -0.25) is 0 Å². The standard InChI is InChI=1S/C21H17NO3S/c1-14-7-11-17(12-8-14)26(23,24)21-19(15-9-10-15)18(13-22)20(25-21)16-5-3-2-4-6-16/h2-8,11-12,15H,9-10H2,1H3. The lowest BCUT2D eigenvalue weighted by atomic mass is 10.0. The van der Waals surface area contributed by atoms with E-state index < -0.39 is 9.84 Å². The molecule has 4 rings (SSSR count). The van der Waals surface area contributed by atoms with E-state index in [-0.39, 0.29) is 15.9 Å². The molecule has 0 saturated heterocycles. The van der Waals surface area contributed by atoms with E-state index in [2.05, 4.69) is 6.07 Å². The minimum Gasteiger partial charge on any atom is -0.443 e. The lowest BCUT2D eigenvalue weighted by Gasteiger charge is -2.04. The van der Waals surface area contributed by atoms with E-state index in [0.29, 0.717) is 22.5 Å². The lowest BCUT2D eigenvalue weighted by molar-refractivity contribution is 0.454. The molecule has 1 saturated carbocycles. The first-order valence-electron chi connectivity index (χ1n) is 8.46. The van der Waals surface area contributed by atoms with Crippen molar-refractivity contribution < 1.29 is 12.8 Å². The summed E-state index contributed by atoms with van der Waals surface area (Å²) in [5.41, 5.74) is 2.56. The summed E-state index contributed by atoms with van der Waals surface area (Å²) in [6.07, 6.45) is 1.75. The molecule has 130 valence electrons. The van der Waals surface area contributed by atoms with Crippen LogP contribution in [-0.4, -0.2) is 8.42 Å². The Morgan fingerprint density at radius 1 is 1.04 bits per heavy atom. The first-order chi connectivity index (χ1) is 12.5. The number of hydrogen-bond donors (Lipinski definition) is 0. The summed E-state index contributed by atoms with van der Waals surface area (Å²) in [5.74, 6) is 0.404. The first kappa shape index (κ1) is 16.6. The van der Waals surface area contributed by atoms with Crippen LogP contribution in [0.1, 0.15) is 35.4 Å². The number of nitrogens with zero attached hydrogens (tertiary/aromatic N) is 1. The van der Waals surface area contributed by atoms with Crippen molar-refractivity contribution in [2.24, 2.45) is 0 Å². The maximum absolute atomic E-state index is 13.2. The summed E-state index contributed by atoms with van der Waals surface area (Å²) in [7, 11) is -3.83. The fourth-order valence-electron chi connectivity index (χ4n) is 3.09. The van der Waals surface area contributed by atoms with E-state index in [1.165, 1.54) is 0 Å². The van der Waals surface area contributed by atoms with Crippen LogP contribution < -0.4 is 0 Å². The summed E-state index contributed by atoms with van der Waals surface area (Å²) in [6.45, 7) is 1.90. The Labute approximate surface area is 152 Å². The number of aryl methyl sites for hydroxylation is 1. The Morgan fingerprint density at radius 2 is 1.69 bits per heavy atom. The highest BCUT2D eigenvalue weighted by Crippen LogP contribution is 2.49. The van der Waals surface area contributed by atoms with Crippen molar-refractivity contribution in [2.75, 3.05) is 0 Å². The Kier molecular flexibility index (Phi) is 3.93. The molecule has 1 fully saturated rings. The maximum Gasteiger partial charge on any atom is 0.239 e. The van der Waals surface area contributed by atoms with Crippen LogP contribution in [0.3, 0.4) is 0 Å². The molecular weight excluding hydrogens is 346 g/mol. The van der Waals surface area contributed by atoms with E-state index in [0.717, 1.165) is 18.4 Å². The highest BCUT2D eigenvalue weighted by molar-refractivity contribution is 7.91. The number of furan rings is 1. The Hall–Kier alpha value is -2.84. The van der Waals surface area contributed by atoms with Crippen molar-refractivity contribution in [1.29, 1.82) is 5.26 Å². The van der Waals surface area contributed by atoms with Crippen molar-refractivity contribution in [1.82, 2.24) is 0 Å². The second kappa shape index (κ2) is 6.15. The van der Waals surface area contributed by atoms with E-state index in [1.807, 2.05) is 37.3 Å². The average molecular weight is 363 g/mol. The molecule has 0 atom stereocenters. The quantitative estimate of drug-likeness (QED) is 0.665. The average Bonchev–Trinajstić information content (AvgIpc) is 3.41. The molecule has 0 bridgehead atoms. The van der Waals surface area contributed by atoms with Crippen LogP contribution in [0.5, 0.6) is 0 Å². The van der Waals surface area contributed by atoms with Gasteiger partial charge in [-0.25, -0.2) is 8.42 Å². The van der Waals surface area contributed by atoms with Gasteiger partial charge < -0.3 is 4.42 Å². The highest BCUT2D eigenvalue weighted by Gasteiger charge is 2.39. The SMILES string of the molecule is Cc1ccc(S(=O)(=O)c2oc(-c3ccccc3)c(C#N)c2C2CC2)cc1. The van der Waals surface area contributed by atoms with Crippen LogP contribution in [0.2, 0.25) is 0 Å². The zero-order valence-corrected chi connectivity index (χ0v) is 15.1. The largest absolute Gasteiger partial charge is 0.443 e. The third kappa shape index (κ3) is 2.73. The summed E-state index contributed by atoms with van der Waals surface area (Å²) in [4.78, 5) is 0.183. The topological polar surface area (TPSA) is 71.1 Å². The number of nitriles is 1. The fraction of sp³-hybridized carbons (Fsp3) is 0.190. The second-order valence-electron chi connectivity index (χ2n) is 6.58. The molecule has 1 heterocycles. The van der Waals surface area contributed by atoms with Crippen molar-refractivity contribution in [2.45, 2.75) is 35.7 Å². The molecule has 1 aromatic heterocycles. The lowest BCUT2D eigenvalue weighted by Crippen LogP contribution is -2.03. The minimum absolute atomic E-state index is 0.0704. The van der Waals surface area contributed by atoms with Crippen molar-refractivity contribution in [3.8, 4) is 17.4 Å². The maximum atomic E-state index is 13.2. The summed E-state index contributed by atoms with van der Waals surface area (Å²) in [5, 5.41) is 9.63. The van der Waals surface area contributed by atoms with Gasteiger partial charge in [-0.1, -0.05) is 48.0 Å². The van der Waals surface area contributed by atoms with E-state index >= 15 is 0 Å². The van der Waals surface area contributed by atoms with Gasteiger partial charge in [0.2, 0.25) is 14.9 Å². The number of benzene rings is 2. The predicted molar refractivity (Wildman–Crippen MR) is 97.5 cm³/mol. The molecular formula is C21H17NO3S. The molecule has 1 aliphatic carbocycles. The Balaban J connectivity index is 1.96.